The molecule has 0 bridgehead atoms. The molecule has 0 spiro atoms. The summed E-state index contributed by atoms with van der Waals surface area (Å²) in [6.07, 6.45) is 3.22. The molecule has 3 N–H and O–H groups in total. The Bertz CT molecular complexity index is 1860. The van der Waals surface area contributed by atoms with E-state index in [1.165, 1.54) is 5.56 Å². The van der Waals surface area contributed by atoms with Gasteiger partial charge in [-0.25, -0.2) is 14.8 Å². The highest BCUT2D eigenvalue weighted by molar-refractivity contribution is 7.20. The van der Waals surface area contributed by atoms with Crippen LogP contribution in [0, 0.1) is 11.8 Å². The van der Waals surface area contributed by atoms with E-state index in [-0.39, 0.29) is 12.1 Å². The Balaban J connectivity index is 1.01. The lowest BCUT2D eigenvalue weighted by molar-refractivity contribution is 0.0317. The largest absolute Gasteiger partial charge is 0.465 e. The van der Waals surface area contributed by atoms with E-state index in [1.807, 2.05) is 41.2 Å². The molecule has 5 heterocycles. The molecule has 2 aliphatic heterocycles. The first kappa shape index (κ1) is 29.2. The van der Waals surface area contributed by atoms with Crippen molar-refractivity contribution in [3.05, 3.63) is 77.6 Å². The Kier molecular flexibility index (Phi) is 8.57. The molecule has 0 saturated carbocycles. The molecule has 45 heavy (non-hydrogen) atoms. The number of thiophene rings is 1. The molecule has 2 atom stereocenters. The van der Waals surface area contributed by atoms with E-state index in [2.05, 4.69) is 66.7 Å². The van der Waals surface area contributed by atoms with Gasteiger partial charge in [0.2, 0.25) is 0 Å². The monoisotopic (exact) mass is 622 g/mol. The normalized spacial score (nSPS) is 18.6. The van der Waals surface area contributed by atoms with Crippen LogP contribution in [-0.2, 0) is 11.3 Å². The summed E-state index contributed by atoms with van der Waals surface area (Å²) in [5.74, 6) is 7.35. The van der Waals surface area contributed by atoms with Crippen LogP contribution in [0.3, 0.4) is 0 Å². The van der Waals surface area contributed by atoms with Crippen LogP contribution in [0.2, 0.25) is 0 Å². The smallest absolute Gasteiger partial charge is 0.407 e. The van der Waals surface area contributed by atoms with Gasteiger partial charge in [0.1, 0.15) is 6.33 Å². The van der Waals surface area contributed by atoms with Crippen LogP contribution in [0.1, 0.15) is 16.9 Å². The number of fused-ring (bicyclic) bond motifs is 2. The molecule has 7 rings (SSSR count). The fraction of sp³-hybridized carbons (Fsp3) is 0.333. The van der Waals surface area contributed by atoms with Gasteiger partial charge >= 0.3 is 6.09 Å². The molecule has 0 radical (unpaired) electrons. The summed E-state index contributed by atoms with van der Waals surface area (Å²) in [5.41, 5.74) is 4.02. The van der Waals surface area contributed by atoms with Crippen LogP contribution in [0.15, 0.2) is 67.1 Å². The molecule has 2 saturated heterocycles. The summed E-state index contributed by atoms with van der Waals surface area (Å²) in [6.45, 7) is 5.60. The van der Waals surface area contributed by atoms with Gasteiger partial charge in [-0.2, -0.15) is 5.10 Å². The number of carbonyl (C=O) groups is 1. The van der Waals surface area contributed by atoms with Crippen LogP contribution < -0.4 is 10.6 Å². The Morgan fingerprint density at radius 1 is 1.16 bits per heavy atom. The maximum Gasteiger partial charge on any atom is 0.407 e. The molecule has 1 amide bonds. The second-order valence-corrected chi connectivity index (χ2v) is 12.3. The third-order valence-corrected chi connectivity index (χ3v) is 9.36. The van der Waals surface area contributed by atoms with Crippen LogP contribution in [0.5, 0.6) is 0 Å². The van der Waals surface area contributed by atoms with Gasteiger partial charge in [-0.3, -0.25) is 9.58 Å². The van der Waals surface area contributed by atoms with Crippen molar-refractivity contribution in [2.75, 3.05) is 51.3 Å². The molecule has 12 heteroatoms. The number of carboxylic acid groups (broad SMARTS) is 1. The van der Waals surface area contributed by atoms with Crippen LogP contribution in [0.4, 0.5) is 16.3 Å². The van der Waals surface area contributed by atoms with Gasteiger partial charge in [-0.15, -0.1) is 11.3 Å². The van der Waals surface area contributed by atoms with E-state index in [0.717, 1.165) is 50.6 Å². The van der Waals surface area contributed by atoms with Gasteiger partial charge in [-0.05, 0) is 36.2 Å². The number of hydrogen-bond acceptors (Lipinski definition) is 9. The van der Waals surface area contributed by atoms with Crippen molar-refractivity contribution in [1.29, 1.82) is 0 Å². The number of morpholine rings is 1. The molecule has 230 valence electrons. The number of ether oxygens (including phenoxy) is 1. The van der Waals surface area contributed by atoms with Crippen molar-refractivity contribution in [2.45, 2.75) is 25.0 Å². The Morgan fingerprint density at radius 3 is 2.87 bits per heavy atom. The van der Waals surface area contributed by atoms with E-state index in [1.54, 1.807) is 22.6 Å². The Morgan fingerprint density at radius 2 is 2.02 bits per heavy atom. The fourth-order valence-electron chi connectivity index (χ4n) is 5.92. The SMILES string of the molecule is O=C(O)N(CCN1CCOCC1)[C@H]1CN[C@H](C#Cc2cc3ncnc(Nc4ccc5c(cnn5Cc5ccccc5)c4)c3s2)C1. The van der Waals surface area contributed by atoms with Crippen molar-refractivity contribution in [3.8, 4) is 11.8 Å². The minimum Gasteiger partial charge on any atom is -0.465 e. The van der Waals surface area contributed by atoms with E-state index in [4.69, 9.17) is 4.74 Å². The van der Waals surface area contributed by atoms with E-state index >= 15 is 0 Å². The summed E-state index contributed by atoms with van der Waals surface area (Å²) < 4.78 is 8.34. The number of nitrogens with zero attached hydrogens (tertiary/aromatic N) is 6. The van der Waals surface area contributed by atoms with Gasteiger partial charge < -0.3 is 25.4 Å². The van der Waals surface area contributed by atoms with Crippen molar-refractivity contribution in [3.63, 3.8) is 0 Å². The van der Waals surface area contributed by atoms with Crippen LogP contribution >= 0.6 is 11.3 Å². The van der Waals surface area contributed by atoms with E-state index in [9.17, 15) is 9.90 Å². The topological polar surface area (TPSA) is 121 Å². The third kappa shape index (κ3) is 6.77. The maximum atomic E-state index is 12.0. The van der Waals surface area contributed by atoms with Crippen molar-refractivity contribution in [1.82, 2.24) is 34.9 Å². The molecule has 11 nitrogen and oxygen atoms in total. The first-order valence-corrected chi connectivity index (χ1v) is 16.0. The number of amides is 1. The highest BCUT2D eigenvalue weighted by Gasteiger charge is 2.31. The first-order valence-electron chi connectivity index (χ1n) is 15.1. The number of anilines is 2. The van der Waals surface area contributed by atoms with Crippen molar-refractivity contribution >= 4 is 50.1 Å². The predicted octanol–water partition coefficient (Wildman–Crippen LogP) is 4.23. The number of hydrogen-bond donors (Lipinski definition) is 3. The van der Waals surface area contributed by atoms with E-state index < -0.39 is 6.09 Å². The van der Waals surface area contributed by atoms with Gasteiger partial charge in [-0.1, -0.05) is 42.2 Å². The van der Waals surface area contributed by atoms with Crippen LogP contribution in [-0.4, -0.2) is 98.8 Å². The molecule has 0 aliphatic carbocycles. The molecule has 3 aromatic heterocycles. The summed E-state index contributed by atoms with van der Waals surface area (Å²) in [5, 5.41) is 22.4. The summed E-state index contributed by atoms with van der Waals surface area (Å²) >= 11 is 1.55. The zero-order valence-electron chi connectivity index (χ0n) is 24.7. The lowest BCUT2D eigenvalue weighted by Crippen LogP contribution is -2.47. The highest BCUT2D eigenvalue weighted by Crippen LogP contribution is 2.31. The van der Waals surface area contributed by atoms with Gasteiger partial charge in [0.25, 0.3) is 0 Å². The molecule has 0 unspecified atom stereocenters. The zero-order valence-corrected chi connectivity index (χ0v) is 25.5. The number of nitrogens with one attached hydrogen (secondary N) is 2. The molecular formula is C33H34N8O3S. The van der Waals surface area contributed by atoms with Crippen molar-refractivity contribution < 1.29 is 14.6 Å². The Hall–Kier alpha value is -4.54. The second-order valence-electron chi connectivity index (χ2n) is 11.3. The standard InChI is InChI=1S/C33H34N8O3S/c42-33(43)40(11-10-39-12-14-44-15-13-39)27-17-25(34-20-27)6-8-28-18-29-31(45-28)32(36-22-35-29)38-26-7-9-30-24(16-26)19-37-41(30)21-23-4-2-1-3-5-23/h1-5,7,9,16,18-19,22,25,27,34H,10-15,17,20-21H2,(H,42,43)(H,35,36,38)/t25-,27-/m1/s1. The number of benzene rings is 2. The second kappa shape index (κ2) is 13.2. The molecule has 2 aliphatic rings. The first-order chi connectivity index (χ1) is 22.1. The summed E-state index contributed by atoms with van der Waals surface area (Å²) in [4.78, 5) is 25.7. The van der Waals surface area contributed by atoms with Gasteiger partial charge in [0.05, 0.1) is 52.6 Å². The number of rotatable bonds is 8. The zero-order chi connectivity index (χ0) is 30.6. The van der Waals surface area contributed by atoms with Crippen molar-refractivity contribution in [2.24, 2.45) is 0 Å². The fourth-order valence-corrected chi connectivity index (χ4v) is 6.84. The maximum absolute atomic E-state index is 12.0. The average molecular weight is 623 g/mol. The Labute approximate surface area is 264 Å². The lowest BCUT2D eigenvalue weighted by atomic mass is 10.1. The average Bonchev–Trinajstić information content (AvgIpc) is 3.80. The molecule has 2 fully saturated rings. The van der Waals surface area contributed by atoms with Crippen LogP contribution in [0.25, 0.3) is 21.1 Å². The summed E-state index contributed by atoms with van der Waals surface area (Å²) in [7, 11) is 0. The van der Waals surface area contributed by atoms with E-state index in [0.29, 0.717) is 45.8 Å². The molecular weight excluding hydrogens is 588 g/mol. The lowest BCUT2D eigenvalue weighted by Gasteiger charge is -2.31. The summed E-state index contributed by atoms with van der Waals surface area (Å²) in [6, 6.07) is 18.3. The van der Waals surface area contributed by atoms with Gasteiger partial charge in [0, 0.05) is 49.8 Å². The molecule has 5 aromatic rings. The molecule has 2 aromatic carbocycles. The third-order valence-electron chi connectivity index (χ3n) is 8.32. The minimum atomic E-state index is -0.882. The predicted molar refractivity (Wildman–Crippen MR) is 175 cm³/mol. The number of aromatic nitrogens is 4. The highest BCUT2D eigenvalue weighted by atomic mass is 32.1. The quantitative estimate of drug-likeness (QED) is 0.219. The van der Waals surface area contributed by atoms with Gasteiger partial charge in [0.15, 0.2) is 5.82 Å². The minimum absolute atomic E-state index is 0.0799.